The maximum absolute atomic E-state index is 12.2. The number of anilines is 1. The first-order chi connectivity index (χ1) is 10.1. The summed E-state index contributed by atoms with van der Waals surface area (Å²) in [6.07, 6.45) is 0. The molecule has 0 aliphatic rings. The van der Waals surface area contributed by atoms with Crippen molar-refractivity contribution in [2.75, 3.05) is 12.4 Å². The number of benzene rings is 2. The normalized spacial score (nSPS) is 9.95. The smallest absolute Gasteiger partial charge is 0.274 e. The average Bonchev–Trinajstić information content (AvgIpc) is 2.52. The Morgan fingerprint density at radius 1 is 1.14 bits per heavy atom. The number of nitrogens with zero attached hydrogens (tertiary/aromatic N) is 1. The first kappa shape index (κ1) is 14.5. The molecule has 2 aromatic rings. The Bertz CT molecular complexity index is 671. The average molecular weight is 285 g/mol. The summed E-state index contributed by atoms with van der Waals surface area (Å²) in [5.74, 6) is -0.280. The Kier molecular flexibility index (Phi) is 4.50. The van der Waals surface area contributed by atoms with Crippen molar-refractivity contribution in [2.45, 2.75) is 6.54 Å². The maximum atomic E-state index is 12.2. The Morgan fingerprint density at radius 3 is 2.52 bits per heavy atom. The van der Waals surface area contributed by atoms with Gasteiger partial charge >= 0.3 is 0 Å². The number of amides is 1. The highest BCUT2D eigenvalue weighted by Gasteiger charge is 2.14. The number of nitro benzene ring substituents is 1. The predicted octanol–water partition coefficient (Wildman–Crippen LogP) is 2.57. The van der Waals surface area contributed by atoms with Gasteiger partial charge in [-0.25, -0.2) is 0 Å². The molecule has 0 bridgehead atoms. The predicted molar refractivity (Wildman–Crippen MR) is 80.3 cm³/mol. The van der Waals surface area contributed by atoms with Crippen molar-refractivity contribution in [3.05, 3.63) is 69.8 Å². The number of carbonyl (C=O) groups is 1. The molecule has 0 unspecified atom stereocenters. The van der Waals surface area contributed by atoms with Crippen molar-refractivity contribution in [2.24, 2.45) is 0 Å². The lowest BCUT2D eigenvalue weighted by Gasteiger charge is -2.09. The number of para-hydroxylation sites is 2. The summed E-state index contributed by atoms with van der Waals surface area (Å²) in [7, 11) is 1.73. The van der Waals surface area contributed by atoms with E-state index in [4.69, 9.17) is 0 Å². The Balaban J connectivity index is 2.13. The Labute approximate surface area is 121 Å². The van der Waals surface area contributed by atoms with Crippen molar-refractivity contribution in [1.29, 1.82) is 0 Å². The fraction of sp³-hybridized carbons (Fsp3) is 0.133. The van der Waals surface area contributed by atoms with Crippen LogP contribution in [0.2, 0.25) is 0 Å². The van der Waals surface area contributed by atoms with Gasteiger partial charge in [0.1, 0.15) is 0 Å². The number of hydrogen-bond donors (Lipinski definition) is 2. The molecule has 0 saturated heterocycles. The van der Waals surface area contributed by atoms with Crippen LogP contribution in [0.25, 0.3) is 0 Å². The van der Waals surface area contributed by atoms with E-state index in [0.29, 0.717) is 16.8 Å². The van der Waals surface area contributed by atoms with E-state index in [9.17, 15) is 14.9 Å². The van der Waals surface area contributed by atoms with Crippen molar-refractivity contribution >= 4 is 17.3 Å². The summed E-state index contributed by atoms with van der Waals surface area (Å²) in [5.41, 5.74) is 1.67. The third kappa shape index (κ3) is 3.36. The molecule has 2 aromatic carbocycles. The molecule has 6 nitrogen and oxygen atoms in total. The van der Waals surface area contributed by atoms with Gasteiger partial charge in [-0.05, 0) is 12.1 Å². The van der Waals surface area contributed by atoms with Gasteiger partial charge in [0.05, 0.1) is 10.5 Å². The van der Waals surface area contributed by atoms with E-state index in [-0.39, 0.29) is 18.1 Å². The lowest BCUT2D eigenvalue weighted by atomic mass is 10.1. The molecule has 108 valence electrons. The van der Waals surface area contributed by atoms with E-state index in [2.05, 4.69) is 10.6 Å². The number of rotatable bonds is 5. The van der Waals surface area contributed by atoms with E-state index in [1.165, 1.54) is 6.07 Å². The molecule has 0 aromatic heterocycles. The quantitative estimate of drug-likeness (QED) is 0.653. The molecular formula is C15H15N3O3. The van der Waals surface area contributed by atoms with E-state index in [1.54, 1.807) is 43.4 Å². The van der Waals surface area contributed by atoms with Gasteiger partial charge in [-0.15, -0.1) is 0 Å². The van der Waals surface area contributed by atoms with Crippen LogP contribution in [0.5, 0.6) is 0 Å². The topological polar surface area (TPSA) is 84.3 Å². The minimum atomic E-state index is -0.455. The van der Waals surface area contributed by atoms with E-state index >= 15 is 0 Å². The molecule has 2 N–H and O–H groups in total. The Morgan fingerprint density at radius 2 is 1.81 bits per heavy atom. The molecule has 1 amide bonds. The molecule has 0 spiro atoms. The molecule has 0 atom stereocenters. The summed E-state index contributed by atoms with van der Waals surface area (Å²) in [6, 6.07) is 13.4. The van der Waals surface area contributed by atoms with E-state index in [1.807, 2.05) is 6.07 Å². The fourth-order valence-electron chi connectivity index (χ4n) is 2.01. The molecule has 0 radical (unpaired) electrons. The van der Waals surface area contributed by atoms with Crippen LogP contribution >= 0.6 is 0 Å². The largest absolute Gasteiger partial charge is 0.387 e. The molecule has 21 heavy (non-hydrogen) atoms. The van der Waals surface area contributed by atoms with Gasteiger partial charge in [0.2, 0.25) is 0 Å². The monoisotopic (exact) mass is 285 g/mol. The second-order valence-electron chi connectivity index (χ2n) is 4.36. The zero-order chi connectivity index (χ0) is 15.2. The van der Waals surface area contributed by atoms with Gasteiger partial charge in [-0.1, -0.05) is 30.3 Å². The Hall–Kier alpha value is -2.89. The van der Waals surface area contributed by atoms with Gasteiger partial charge in [0.25, 0.3) is 11.6 Å². The van der Waals surface area contributed by atoms with Gasteiger partial charge in [0, 0.05) is 30.9 Å². The lowest BCUT2D eigenvalue weighted by Crippen LogP contribution is -2.24. The summed E-state index contributed by atoms with van der Waals surface area (Å²) in [5, 5.41) is 16.6. The third-order valence-corrected chi connectivity index (χ3v) is 3.07. The lowest BCUT2D eigenvalue weighted by molar-refractivity contribution is -0.385. The summed E-state index contributed by atoms with van der Waals surface area (Å²) < 4.78 is 0. The van der Waals surface area contributed by atoms with Crippen LogP contribution in [0, 0.1) is 10.1 Å². The first-order valence-electron chi connectivity index (χ1n) is 6.40. The number of nitro groups is 1. The molecule has 6 heteroatoms. The van der Waals surface area contributed by atoms with E-state index < -0.39 is 4.92 Å². The van der Waals surface area contributed by atoms with Crippen molar-refractivity contribution in [3.63, 3.8) is 0 Å². The third-order valence-electron chi connectivity index (χ3n) is 3.07. The maximum Gasteiger partial charge on any atom is 0.274 e. The SMILES string of the molecule is CNc1ccccc1C(=O)NCc1ccccc1[N+](=O)[O-]. The molecule has 0 heterocycles. The number of carbonyl (C=O) groups excluding carboxylic acids is 1. The zero-order valence-corrected chi connectivity index (χ0v) is 11.5. The zero-order valence-electron chi connectivity index (χ0n) is 11.5. The van der Waals surface area contributed by atoms with E-state index in [0.717, 1.165) is 0 Å². The molecule has 0 aliphatic heterocycles. The van der Waals surface area contributed by atoms with Gasteiger partial charge in [-0.2, -0.15) is 0 Å². The van der Waals surface area contributed by atoms with Crippen LogP contribution in [0.4, 0.5) is 11.4 Å². The summed E-state index contributed by atoms with van der Waals surface area (Å²) in [4.78, 5) is 22.6. The van der Waals surface area contributed by atoms with Crippen molar-refractivity contribution in [1.82, 2.24) is 5.32 Å². The minimum absolute atomic E-state index is 0.000276. The number of nitrogens with one attached hydrogen (secondary N) is 2. The highest BCUT2D eigenvalue weighted by atomic mass is 16.6. The van der Waals surface area contributed by atoms with Crippen LogP contribution in [-0.2, 0) is 6.54 Å². The van der Waals surface area contributed by atoms with Crippen LogP contribution in [0.1, 0.15) is 15.9 Å². The molecule has 2 rings (SSSR count). The highest BCUT2D eigenvalue weighted by Crippen LogP contribution is 2.18. The summed E-state index contributed by atoms with van der Waals surface area (Å²) in [6.45, 7) is 0.105. The standard InChI is InChI=1S/C15H15N3O3/c1-16-13-8-4-3-7-12(13)15(19)17-10-11-6-2-5-9-14(11)18(20)21/h2-9,16H,10H2,1H3,(H,17,19). The molecule has 0 saturated carbocycles. The highest BCUT2D eigenvalue weighted by molar-refractivity contribution is 5.99. The fourth-order valence-corrected chi connectivity index (χ4v) is 2.01. The first-order valence-corrected chi connectivity index (χ1v) is 6.40. The second-order valence-corrected chi connectivity index (χ2v) is 4.36. The van der Waals surface area contributed by atoms with Gasteiger partial charge in [-0.3, -0.25) is 14.9 Å². The molecule has 0 aliphatic carbocycles. The minimum Gasteiger partial charge on any atom is -0.387 e. The van der Waals surface area contributed by atoms with Crippen LogP contribution in [0.3, 0.4) is 0 Å². The van der Waals surface area contributed by atoms with Crippen LogP contribution in [-0.4, -0.2) is 17.9 Å². The van der Waals surface area contributed by atoms with Crippen molar-refractivity contribution in [3.8, 4) is 0 Å². The molecular weight excluding hydrogens is 270 g/mol. The van der Waals surface area contributed by atoms with Gasteiger partial charge < -0.3 is 10.6 Å². The van der Waals surface area contributed by atoms with Crippen LogP contribution in [0.15, 0.2) is 48.5 Å². The van der Waals surface area contributed by atoms with Crippen molar-refractivity contribution < 1.29 is 9.72 Å². The molecule has 0 fully saturated rings. The van der Waals surface area contributed by atoms with Crippen LogP contribution < -0.4 is 10.6 Å². The number of hydrogen-bond acceptors (Lipinski definition) is 4. The second kappa shape index (κ2) is 6.51. The summed E-state index contributed by atoms with van der Waals surface area (Å²) >= 11 is 0. The van der Waals surface area contributed by atoms with Gasteiger partial charge in [0.15, 0.2) is 0 Å².